The van der Waals surface area contributed by atoms with E-state index < -0.39 is 9.84 Å². The Hall–Kier alpha value is -2.48. The Morgan fingerprint density at radius 3 is 2.29 bits per heavy atom. The van der Waals surface area contributed by atoms with E-state index in [1.54, 1.807) is 6.07 Å². The molecule has 0 aliphatic carbocycles. The molecule has 0 amide bonds. The number of rotatable bonds is 8. The minimum absolute atomic E-state index is 0.209. The zero-order valence-electron chi connectivity index (χ0n) is 19.5. The van der Waals surface area contributed by atoms with Crippen LogP contribution in [-0.2, 0) is 16.3 Å². The first kappa shape index (κ1) is 23.2. The van der Waals surface area contributed by atoms with Gasteiger partial charge in [0, 0.05) is 18.5 Å². The van der Waals surface area contributed by atoms with E-state index >= 15 is 0 Å². The minimum Gasteiger partial charge on any atom is -0.477 e. The van der Waals surface area contributed by atoms with Gasteiger partial charge in [0.25, 0.3) is 0 Å². The van der Waals surface area contributed by atoms with Gasteiger partial charge >= 0.3 is 0 Å². The summed E-state index contributed by atoms with van der Waals surface area (Å²) in [6.07, 6.45) is 5.82. The van der Waals surface area contributed by atoms with Crippen molar-refractivity contribution in [1.82, 2.24) is 19.5 Å². The van der Waals surface area contributed by atoms with E-state index in [1.165, 1.54) is 6.26 Å². The van der Waals surface area contributed by atoms with E-state index in [1.807, 2.05) is 27.7 Å². The number of hydrogen-bond donors (Lipinski definition) is 0. The molecule has 0 spiro atoms. The molecule has 8 heteroatoms. The standard InChI is InChI=1S/C23H32N4O3S/c1-8-16(9-2)27-13-14(5)20-22(27)24-15(6)21(26-20)17-12-19(31(7,28)29)18(10-3)25-23(17)30-11-4/h12-13,16H,8-11H2,1-7H3. The largest absolute Gasteiger partial charge is 0.477 e. The molecule has 7 nitrogen and oxygen atoms in total. The Bertz CT molecular complexity index is 1210. The van der Waals surface area contributed by atoms with Crippen LogP contribution in [0.15, 0.2) is 17.2 Å². The second-order valence-electron chi connectivity index (χ2n) is 7.86. The molecule has 0 saturated heterocycles. The normalized spacial score (nSPS) is 12.1. The van der Waals surface area contributed by atoms with E-state index in [2.05, 4.69) is 29.6 Å². The first-order valence-electron chi connectivity index (χ1n) is 10.9. The van der Waals surface area contributed by atoms with Crippen LogP contribution in [0.3, 0.4) is 0 Å². The highest BCUT2D eigenvalue weighted by atomic mass is 32.2. The number of sulfone groups is 1. The summed E-state index contributed by atoms with van der Waals surface area (Å²) >= 11 is 0. The molecule has 0 aliphatic heterocycles. The van der Waals surface area contributed by atoms with Crippen LogP contribution in [0.5, 0.6) is 5.88 Å². The lowest BCUT2D eigenvalue weighted by molar-refractivity contribution is 0.326. The van der Waals surface area contributed by atoms with Crippen LogP contribution in [0.1, 0.15) is 63.5 Å². The average molecular weight is 445 g/mol. The Balaban J connectivity index is 2.32. The molecular formula is C23H32N4O3S. The van der Waals surface area contributed by atoms with Gasteiger partial charge in [-0.25, -0.2) is 23.4 Å². The highest BCUT2D eigenvalue weighted by molar-refractivity contribution is 7.90. The lowest BCUT2D eigenvalue weighted by Gasteiger charge is -2.17. The van der Waals surface area contributed by atoms with Crippen LogP contribution in [0.25, 0.3) is 22.4 Å². The van der Waals surface area contributed by atoms with Crippen LogP contribution in [0.2, 0.25) is 0 Å². The fourth-order valence-electron chi connectivity index (χ4n) is 4.00. The molecule has 0 saturated carbocycles. The highest BCUT2D eigenvalue weighted by Crippen LogP contribution is 2.35. The number of pyridine rings is 1. The summed E-state index contributed by atoms with van der Waals surface area (Å²) in [5, 5.41) is 0. The minimum atomic E-state index is -3.46. The van der Waals surface area contributed by atoms with Gasteiger partial charge in [0.1, 0.15) is 5.52 Å². The molecule has 0 radical (unpaired) electrons. The van der Waals surface area contributed by atoms with Crippen LogP contribution in [0, 0.1) is 13.8 Å². The third kappa shape index (κ3) is 4.31. The zero-order valence-corrected chi connectivity index (χ0v) is 20.3. The Morgan fingerprint density at radius 2 is 1.74 bits per heavy atom. The summed E-state index contributed by atoms with van der Waals surface area (Å²) in [7, 11) is -3.46. The second kappa shape index (κ2) is 8.94. The Kier molecular flexibility index (Phi) is 6.69. The highest BCUT2D eigenvalue weighted by Gasteiger charge is 2.23. The van der Waals surface area contributed by atoms with Crippen molar-refractivity contribution in [3.05, 3.63) is 29.2 Å². The summed E-state index contributed by atoms with van der Waals surface area (Å²) in [6, 6.07) is 2.00. The van der Waals surface area contributed by atoms with Gasteiger partial charge in [-0.1, -0.05) is 20.8 Å². The van der Waals surface area contributed by atoms with Gasteiger partial charge in [0.2, 0.25) is 5.88 Å². The van der Waals surface area contributed by atoms with Crippen LogP contribution in [-0.4, -0.2) is 40.8 Å². The summed E-state index contributed by atoms with van der Waals surface area (Å²) in [4.78, 5) is 14.6. The summed E-state index contributed by atoms with van der Waals surface area (Å²) in [5.74, 6) is 0.389. The third-order valence-corrected chi connectivity index (χ3v) is 6.79. The van der Waals surface area contributed by atoms with Gasteiger partial charge in [-0.15, -0.1) is 0 Å². The maximum atomic E-state index is 12.4. The predicted octanol–water partition coefficient (Wildman–Crippen LogP) is 4.84. The van der Waals surface area contributed by atoms with E-state index in [0.717, 1.165) is 29.6 Å². The number of aromatic nitrogens is 4. The summed E-state index contributed by atoms with van der Waals surface area (Å²) in [5.41, 5.74) is 5.07. The summed E-state index contributed by atoms with van der Waals surface area (Å²) in [6.45, 7) is 12.4. The zero-order chi connectivity index (χ0) is 22.9. The monoisotopic (exact) mass is 444 g/mol. The van der Waals surface area contributed by atoms with Crippen molar-refractivity contribution >= 4 is 21.0 Å². The quantitative estimate of drug-likeness (QED) is 0.494. The number of hydrogen-bond acceptors (Lipinski definition) is 6. The van der Waals surface area contributed by atoms with E-state index in [9.17, 15) is 8.42 Å². The topological polar surface area (TPSA) is 87.0 Å². The molecule has 168 valence electrons. The van der Waals surface area contributed by atoms with E-state index in [4.69, 9.17) is 14.7 Å². The van der Waals surface area contributed by atoms with Gasteiger partial charge in [0.05, 0.1) is 34.1 Å². The molecule has 0 bridgehead atoms. The predicted molar refractivity (Wildman–Crippen MR) is 124 cm³/mol. The molecule has 3 aromatic rings. The van der Waals surface area contributed by atoms with E-state index in [-0.39, 0.29) is 4.90 Å². The maximum Gasteiger partial charge on any atom is 0.223 e. The van der Waals surface area contributed by atoms with E-state index in [0.29, 0.717) is 47.6 Å². The van der Waals surface area contributed by atoms with Crippen molar-refractivity contribution < 1.29 is 13.2 Å². The molecule has 0 unspecified atom stereocenters. The third-order valence-electron chi connectivity index (χ3n) is 5.64. The molecule has 0 aromatic carbocycles. The van der Waals surface area contributed by atoms with Crippen LogP contribution in [0.4, 0.5) is 0 Å². The fourth-order valence-corrected chi connectivity index (χ4v) is 4.95. The van der Waals surface area contributed by atoms with Crippen molar-refractivity contribution in [2.75, 3.05) is 12.9 Å². The molecule has 0 fully saturated rings. The molecule has 3 aromatic heterocycles. The number of fused-ring (bicyclic) bond motifs is 1. The van der Waals surface area contributed by atoms with Crippen LogP contribution < -0.4 is 4.74 Å². The molecule has 31 heavy (non-hydrogen) atoms. The molecule has 0 aliphatic rings. The van der Waals surface area contributed by atoms with Crippen LogP contribution >= 0.6 is 0 Å². The fraction of sp³-hybridized carbons (Fsp3) is 0.522. The van der Waals surface area contributed by atoms with Gasteiger partial charge < -0.3 is 9.30 Å². The SMILES string of the molecule is CCOc1nc(CC)c(S(C)(=O)=O)cc1-c1nc2c(C)cn(C(CC)CC)c2nc1C. The molecule has 0 atom stereocenters. The molecule has 3 rings (SSSR count). The van der Waals surface area contributed by atoms with Crippen molar-refractivity contribution in [3.8, 4) is 17.1 Å². The summed E-state index contributed by atoms with van der Waals surface area (Å²) < 4.78 is 32.9. The molecule has 0 N–H and O–H groups in total. The smallest absolute Gasteiger partial charge is 0.223 e. The van der Waals surface area contributed by atoms with Gasteiger partial charge in [-0.3, -0.25) is 0 Å². The first-order valence-corrected chi connectivity index (χ1v) is 12.8. The second-order valence-corrected chi connectivity index (χ2v) is 9.85. The van der Waals surface area contributed by atoms with Gasteiger partial charge in [0.15, 0.2) is 15.5 Å². The molecular weight excluding hydrogens is 412 g/mol. The van der Waals surface area contributed by atoms with Crippen molar-refractivity contribution in [1.29, 1.82) is 0 Å². The number of nitrogens with zero attached hydrogens (tertiary/aromatic N) is 4. The number of aryl methyl sites for hydroxylation is 3. The number of ether oxygens (including phenoxy) is 1. The van der Waals surface area contributed by atoms with Gasteiger partial charge in [-0.05, 0) is 51.7 Å². The Morgan fingerprint density at radius 1 is 1.06 bits per heavy atom. The maximum absolute atomic E-state index is 12.4. The Labute approximate surface area is 184 Å². The first-order chi connectivity index (χ1) is 14.7. The molecule has 3 heterocycles. The van der Waals surface area contributed by atoms with Gasteiger partial charge in [-0.2, -0.15) is 0 Å². The lowest BCUT2D eigenvalue weighted by Crippen LogP contribution is -2.09. The average Bonchev–Trinajstić information content (AvgIpc) is 3.03. The van der Waals surface area contributed by atoms with Crippen molar-refractivity contribution in [2.24, 2.45) is 0 Å². The lowest BCUT2D eigenvalue weighted by atomic mass is 10.1. The van der Waals surface area contributed by atoms with Crippen molar-refractivity contribution in [3.63, 3.8) is 0 Å². The van der Waals surface area contributed by atoms with Crippen molar-refractivity contribution in [2.45, 2.75) is 71.7 Å².